The fourth-order valence-corrected chi connectivity index (χ4v) is 8.11. The SMILES string of the molecule is C1=c2ccccc2=CC(c2ccc(N(Cc3ccccc3-c3cccc4c3oc3c5ccccc5ccc43)c3cccc4ccccc34)cc2)C1. The van der Waals surface area contributed by atoms with Crippen LogP contribution in [-0.2, 0) is 6.54 Å². The lowest BCUT2D eigenvalue weighted by Gasteiger charge is -2.28. The number of nitrogens with zero attached hydrogens (tertiary/aromatic N) is 1. The van der Waals surface area contributed by atoms with Crippen LogP contribution in [0.1, 0.15) is 23.5 Å². The first-order chi connectivity index (χ1) is 25.3. The van der Waals surface area contributed by atoms with Crippen molar-refractivity contribution in [2.75, 3.05) is 4.90 Å². The minimum absolute atomic E-state index is 0.363. The molecule has 10 rings (SSSR count). The molecule has 1 aromatic heterocycles. The minimum atomic E-state index is 0.363. The Kier molecular flexibility index (Phi) is 7.06. The van der Waals surface area contributed by atoms with Crippen LogP contribution in [0.2, 0.25) is 0 Å². The number of hydrogen-bond donors (Lipinski definition) is 0. The highest BCUT2D eigenvalue weighted by molar-refractivity contribution is 6.17. The Balaban J connectivity index is 1.10. The first-order valence-electron chi connectivity index (χ1n) is 17.8. The van der Waals surface area contributed by atoms with Crippen LogP contribution in [-0.4, -0.2) is 0 Å². The van der Waals surface area contributed by atoms with Crippen molar-refractivity contribution in [1.82, 2.24) is 0 Å². The molecule has 0 spiro atoms. The fourth-order valence-electron chi connectivity index (χ4n) is 8.11. The van der Waals surface area contributed by atoms with Crippen LogP contribution in [0.4, 0.5) is 11.4 Å². The summed E-state index contributed by atoms with van der Waals surface area (Å²) < 4.78 is 6.81. The predicted molar refractivity (Wildman–Crippen MR) is 215 cm³/mol. The van der Waals surface area contributed by atoms with Crippen molar-refractivity contribution in [2.45, 2.75) is 18.9 Å². The third-order valence-corrected chi connectivity index (χ3v) is 10.7. The Bertz CT molecular complexity index is 2870. The predicted octanol–water partition coefficient (Wildman–Crippen LogP) is 11.6. The van der Waals surface area contributed by atoms with Gasteiger partial charge in [-0.3, -0.25) is 0 Å². The van der Waals surface area contributed by atoms with Gasteiger partial charge in [0.2, 0.25) is 0 Å². The van der Waals surface area contributed by atoms with Gasteiger partial charge in [-0.15, -0.1) is 0 Å². The molecule has 1 unspecified atom stereocenters. The van der Waals surface area contributed by atoms with Gasteiger partial charge in [0.15, 0.2) is 0 Å². The highest BCUT2D eigenvalue weighted by Gasteiger charge is 2.20. The van der Waals surface area contributed by atoms with E-state index >= 15 is 0 Å². The lowest BCUT2D eigenvalue weighted by atomic mass is 9.90. The van der Waals surface area contributed by atoms with Crippen LogP contribution in [0.15, 0.2) is 174 Å². The molecule has 242 valence electrons. The lowest BCUT2D eigenvalue weighted by Crippen LogP contribution is -2.27. The molecule has 1 atom stereocenters. The number of para-hydroxylation sites is 1. The van der Waals surface area contributed by atoms with Gasteiger partial charge in [0.1, 0.15) is 11.2 Å². The normalized spacial score (nSPS) is 14.0. The maximum Gasteiger partial charge on any atom is 0.143 e. The molecule has 0 saturated heterocycles. The van der Waals surface area contributed by atoms with E-state index < -0.39 is 0 Å². The summed E-state index contributed by atoms with van der Waals surface area (Å²) in [5.41, 5.74) is 9.10. The second-order valence-electron chi connectivity index (χ2n) is 13.6. The molecule has 2 heteroatoms. The van der Waals surface area contributed by atoms with E-state index in [9.17, 15) is 0 Å². The second-order valence-corrected chi connectivity index (χ2v) is 13.6. The van der Waals surface area contributed by atoms with E-state index in [2.05, 4.69) is 187 Å². The number of benzene rings is 8. The van der Waals surface area contributed by atoms with Crippen LogP contribution in [0.5, 0.6) is 0 Å². The maximum atomic E-state index is 6.81. The molecular weight excluding hydrogens is 619 g/mol. The minimum Gasteiger partial charge on any atom is -0.455 e. The molecule has 1 aliphatic rings. The van der Waals surface area contributed by atoms with Crippen molar-refractivity contribution >= 4 is 67.0 Å². The molecule has 0 amide bonds. The zero-order valence-corrected chi connectivity index (χ0v) is 28.2. The Labute approximate surface area is 296 Å². The third-order valence-electron chi connectivity index (χ3n) is 10.7. The molecule has 9 aromatic rings. The number of hydrogen-bond acceptors (Lipinski definition) is 2. The Morgan fingerprint density at radius 1 is 0.490 bits per heavy atom. The molecule has 1 heterocycles. The van der Waals surface area contributed by atoms with Crippen molar-refractivity contribution in [2.24, 2.45) is 0 Å². The van der Waals surface area contributed by atoms with Gasteiger partial charge in [0.25, 0.3) is 0 Å². The van der Waals surface area contributed by atoms with Gasteiger partial charge < -0.3 is 9.32 Å². The van der Waals surface area contributed by atoms with Gasteiger partial charge >= 0.3 is 0 Å². The Morgan fingerprint density at radius 2 is 1.14 bits per heavy atom. The molecule has 8 aromatic carbocycles. The van der Waals surface area contributed by atoms with Gasteiger partial charge in [-0.1, -0.05) is 158 Å². The quantitative estimate of drug-likeness (QED) is 0.178. The highest BCUT2D eigenvalue weighted by Crippen LogP contribution is 2.41. The van der Waals surface area contributed by atoms with Crippen LogP contribution < -0.4 is 15.3 Å². The first-order valence-corrected chi connectivity index (χ1v) is 17.8. The lowest BCUT2D eigenvalue weighted by molar-refractivity contribution is 0.673. The highest BCUT2D eigenvalue weighted by atomic mass is 16.3. The average molecular weight is 654 g/mol. The van der Waals surface area contributed by atoms with Gasteiger partial charge in [0.05, 0.1) is 0 Å². The van der Waals surface area contributed by atoms with Gasteiger partial charge in [-0.05, 0) is 68.6 Å². The van der Waals surface area contributed by atoms with E-state index in [1.54, 1.807) is 0 Å². The summed E-state index contributed by atoms with van der Waals surface area (Å²) in [5.74, 6) is 0.363. The Morgan fingerprint density at radius 3 is 2.02 bits per heavy atom. The molecule has 0 bridgehead atoms. The number of rotatable bonds is 6. The van der Waals surface area contributed by atoms with Crippen LogP contribution in [0.3, 0.4) is 0 Å². The van der Waals surface area contributed by atoms with Gasteiger partial charge in [0, 0.05) is 50.9 Å². The molecule has 0 fully saturated rings. The van der Waals surface area contributed by atoms with E-state index in [0.29, 0.717) is 12.5 Å². The third kappa shape index (κ3) is 5.11. The molecule has 2 nitrogen and oxygen atoms in total. The van der Waals surface area contributed by atoms with Crippen molar-refractivity contribution in [1.29, 1.82) is 0 Å². The summed E-state index contributed by atoms with van der Waals surface area (Å²) in [6.07, 6.45) is 5.81. The summed E-state index contributed by atoms with van der Waals surface area (Å²) in [6, 6.07) is 61.5. The molecule has 0 saturated carbocycles. The standard InChI is InChI=1S/C49H35NO/c1-2-14-37-31-38(24-23-33(37)11-1)34-25-28-40(29-26-34)50(47-22-9-16-35-12-3-7-18-42(35)47)32-39-15-5-6-17-41(39)44-20-10-21-45-46-30-27-36-13-4-8-19-43(36)48(46)51-49(44)45/h1-23,25-31,38H,24,32H2. The zero-order chi connectivity index (χ0) is 33.7. The molecule has 1 aliphatic carbocycles. The zero-order valence-electron chi connectivity index (χ0n) is 28.2. The number of furan rings is 1. The second kappa shape index (κ2) is 12.2. The molecule has 0 aliphatic heterocycles. The van der Waals surface area contributed by atoms with Gasteiger partial charge in [-0.25, -0.2) is 0 Å². The summed E-state index contributed by atoms with van der Waals surface area (Å²) in [6.45, 7) is 0.694. The summed E-state index contributed by atoms with van der Waals surface area (Å²) in [4.78, 5) is 2.48. The topological polar surface area (TPSA) is 16.4 Å². The maximum absolute atomic E-state index is 6.81. The van der Waals surface area contributed by atoms with E-state index in [1.165, 1.54) is 54.7 Å². The van der Waals surface area contributed by atoms with Crippen LogP contribution in [0.25, 0.3) is 66.8 Å². The molecule has 51 heavy (non-hydrogen) atoms. The first kappa shape index (κ1) is 29.5. The van der Waals surface area contributed by atoms with Crippen LogP contribution in [0, 0.1) is 0 Å². The smallest absolute Gasteiger partial charge is 0.143 e. The largest absolute Gasteiger partial charge is 0.455 e. The molecular formula is C49H35NO. The number of anilines is 2. The van der Waals surface area contributed by atoms with Gasteiger partial charge in [-0.2, -0.15) is 0 Å². The summed E-state index contributed by atoms with van der Waals surface area (Å²) in [5, 5.41) is 9.74. The van der Waals surface area contributed by atoms with E-state index in [-0.39, 0.29) is 0 Å². The van der Waals surface area contributed by atoms with E-state index in [4.69, 9.17) is 4.42 Å². The number of fused-ring (bicyclic) bond motifs is 7. The van der Waals surface area contributed by atoms with Crippen molar-refractivity contribution in [3.63, 3.8) is 0 Å². The molecule has 0 N–H and O–H groups in total. The monoisotopic (exact) mass is 653 g/mol. The van der Waals surface area contributed by atoms with E-state index in [1.807, 2.05) is 0 Å². The molecule has 0 radical (unpaired) electrons. The average Bonchev–Trinajstić information content (AvgIpc) is 3.60. The van der Waals surface area contributed by atoms with Crippen molar-refractivity contribution in [3.05, 3.63) is 191 Å². The summed E-state index contributed by atoms with van der Waals surface area (Å²) >= 11 is 0. The summed E-state index contributed by atoms with van der Waals surface area (Å²) in [7, 11) is 0. The van der Waals surface area contributed by atoms with Crippen molar-refractivity contribution < 1.29 is 4.42 Å². The van der Waals surface area contributed by atoms with Crippen LogP contribution >= 0.6 is 0 Å². The van der Waals surface area contributed by atoms with Crippen molar-refractivity contribution in [3.8, 4) is 11.1 Å². The Hall–Kier alpha value is -6.38. The fraction of sp³-hybridized carbons (Fsp3) is 0.0612. The van der Waals surface area contributed by atoms with E-state index in [0.717, 1.165) is 39.3 Å².